The predicted molar refractivity (Wildman–Crippen MR) is 236 cm³/mol. The second-order valence-electron chi connectivity index (χ2n) is 15.6. The summed E-state index contributed by atoms with van der Waals surface area (Å²) in [6.45, 7) is 14.4. The highest BCUT2D eigenvalue weighted by molar-refractivity contribution is 5.88. The average molecular weight is 842 g/mol. The molecule has 62 heavy (non-hydrogen) atoms. The fourth-order valence-corrected chi connectivity index (χ4v) is 8.12. The number of nitrogens with zero attached hydrogens (tertiary/aromatic N) is 12. The Bertz CT molecular complexity index is 2480. The number of rotatable bonds is 9. The Hall–Kier alpha value is -7.57. The molecule has 0 radical (unpaired) electrons. The molecule has 5 N–H and O–H groups in total. The van der Waals surface area contributed by atoms with Crippen LogP contribution in [0.4, 0.5) is 40.6 Å². The summed E-state index contributed by atoms with van der Waals surface area (Å²) < 4.78 is 3.36. The number of hydrogen-bond acceptors (Lipinski definition) is 14. The smallest absolute Gasteiger partial charge is 0.335 e. The van der Waals surface area contributed by atoms with Crippen molar-refractivity contribution < 1.29 is 19.5 Å². The fraction of sp³-hybridized carbons (Fsp3) is 0.326. The number of nitrogen functional groups attached to an aromatic ring is 1. The van der Waals surface area contributed by atoms with Crippen LogP contribution in [0.3, 0.4) is 0 Å². The summed E-state index contributed by atoms with van der Waals surface area (Å²) in [5.74, 6) is 1.79. The van der Waals surface area contributed by atoms with E-state index in [1.54, 1.807) is 60.4 Å². The molecule has 0 spiro atoms. The number of hydrogen-bond donors (Lipinski definition) is 4. The van der Waals surface area contributed by atoms with Crippen LogP contribution in [0.2, 0.25) is 0 Å². The van der Waals surface area contributed by atoms with Crippen molar-refractivity contribution in [2.45, 2.75) is 65.7 Å². The van der Waals surface area contributed by atoms with Gasteiger partial charge < -0.3 is 41.1 Å². The molecule has 0 bridgehead atoms. The monoisotopic (exact) mass is 841 g/mol. The SMILES string of the molecule is CC(=O)N1[C@H](C)CN(c2cc(-n3cnc(Nc4ccc(C(=O)O)cc4)n3)ccn2)C[C@@H]1C.CC(=O)N1[C@H](C)CN(c2cc(-n3cnc(Nc4ccc(N)cc4)n3)ccn2)C[C@@H]1C. The lowest BCUT2D eigenvalue weighted by molar-refractivity contribution is -0.134. The van der Waals surface area contributed by atoms with Crippen LogP contribution in [0.15, 0.2) is 97.8 Å². The maximum atomic E-state index is 11.9. The second kappa shape index (κ2) is 18.4. The van der Waals surface area contributed by atoms with Gasteiger partial charge in [-0.3, -0.25) is 9.59 Å². The molecule has 6 heterocycles. The van der Waals surface area contributed by atoms with E-state index in [0.29, 0.717) is 36.4 Å². The van der Waals surface area contributed by atoms with E-state index in [9.17, 15) is 14.4 Å². The minimum absolute atomic E-state index is 0.0894. The highest BCUT2D eigenvalue weighted by atomic mass is 16.4. The number of nitrogens with two attached hydrogens (primary N) is 1. The van der Waals surface area contributed by atoms with E-state index < -0.39 is 5.97 Å². The van der Waals surface area contributed by atoms with E-state index in [-0.39, 0.29) is 41.5 Å². The first-order valence-corrected chi connectivity index (χ1v) is 20.3. The van der Waals surface area contributed by atoms with Gasteiger partial charge in [0.25, 0.3) is 0 Å². The molecule has 2 saturated heterocycles. The maximum absolute atomic E-state index is 11.9. The highest BCUT2D eigenvalue weighted by Gasteiger charge is 2.33. The number of pyridine rings is 2. The number of nitrogens with one attached hydrogen (secondary N) is 2. The van der Waals surface area contributed by atoms with Gasteiger partial charge in [-0.05, 0) is 88.4 Å². The Labute approximate surface area is 359 Å². The lowest BCUT2D eigenvalue weighted by Crippen LogP contribution is -2.58. The molecule has 8 rings (SSSR count). The van der Waals surface area contributed by atoms with Gasteiger partial charge in [0.1, 0.15) is 24.3 Å². The van der Waals surface area contributed by atoms with Gasteiger partial charge in [-0.1, -0.05) is 0 Å². The van der Waals surface area contributed by atoms with Crippen molar-refractivity contribution in [3.05, 3.63) is 103 Å². The van der Waals surface area contributed by atoms with E-state index in [2.05, 4.69) is 64.4 Å². The highest BCUT2D eigenvalue weighted by Crippen LogP contribution is 2.25. The van der Waals surface area contributed by atoms with Crippen LogP contribution in [0, 0.1) is 0 Å². The van der Waals surface area contributed by atoms with Gasteiger partial charge in [-0.25, -0.2) is 24.1 Å². The molecule has 2 fully saturated rings. The molecular formula is C43H51N15O4. The number of amides is 2. The van der Waals surface area contributed by atoms with Gasteiger partial charge in [-0.15, -0.1) is 10.2 Å². The van der Waals surface area contributed by atoms with Crippen molar-refractivity contribution in [1.29, 1.82) is 0 Å². The van der Waals surface area contributed by atoms with Crippen LogP contribution >= 0.6 is 0 Å². The summed E-state index contributed by atoms with van der Waals surface area (Å²) in [4.78, 5) is 60.7. The van der Waals surface area contributed by atoms with E-state index in [4.69, 9.17) is 10.8 Å². The number of benzene rings is 2. The summed E-state index contributed by atoms with van der Waals surface area (Å²) >= 11 is 0. The number of aromatic carboxylic acids is 1. The molecule has 0 aliphatic carbocycles. The zero-order chi connectivity index (χ0) is 44.1. The normalized spacial score (nSPS) is 18.7. The Kier molecular flexibility index (Phi) is 12.6. The van der Waals surface area contributed by atoms with Gasteiger partial charge in [0.15, 0.2) is 0 Å². The Balaban J connectivity index is 0.000000187. The predicted octanol–water partition coefficient (Wildman–Crippen LogP) is 4.98. The lowest BCUT2D eigenvalue weighted by atomic mass is 10.1. The Morgan fingerprint density at radius 1 is 0.597 bits per heavy atom. The number of piperazine rings is 2. The van der Waals surface area contributed by atoms with E-state index in [0.717, 1.165) is 41.8 Å². The van der Waals surface area contributed by atoms with Crippen molar-refractivity contribution >= 4 is 58.4 Å². The topological polar surface area (TPSA) is 222 Å². The van der Waals surface area contributed by atoms with Crippen LogP contribution in [0.5, 0.6) is 0 Å². The summed E-state index contributed by atoms with van der Waals surface area (Å²) in [7, 11) is 0. The van der Waals surface area contributed by atoms with Crippen LogP contribution in [-0.2, 0) is 9.59 Å². The van der Waals surface area contributed by atoms with Gasteiger partial charge in [0.05, 0.1) is 16.9 Å². The first-order chi connectivity index (χ1) is 29.7. The summed E-state index contributed by atoms with van der Waals surface area (Å²) in [6.07, 6.45) is 6.77. The number of aromatic nitrogens is 8. The Morgan fingerprint density at radius 2 is 0.984 bits per heavy atom. The largest absolute Gasteiger partial charge is 0.478 e. The molecule has 2 amide bonds. The van der Waals surface area contributed by atoms with Gasteiger partial charge in [-0.2, -0.15) is 9.97 Å². The molecule has 6 aromatic rings. The van der Waals surface area contributed by atoms with Crippen molar-refractivity contribution in [3.8, 4) is 11.4 Å². The van der Waals surface area contributed by atoms with Crippen LogP contribution in [-0.4, -0.2) is 123 Å². The number of carboxylic acids is 1. The molecule has 19 heteroatoms. The molecule has 2 aliphatic rings. The number of carboxylic acid groups (broad SMARTS) is 1. The lowest BCUT2D eigenvalue weighted by Gasteiger charge is -2.44. The third kappa shape index (κ3) is 9.89. The van der Waals surface area contributed by atoms with Gasteiger partial charge in [0.2, 0.25) is 23.7 Å². The number of carbonyl (C=O) groups is 3. The molecule has 2 aliphatic heterocycles. The molecule has 0 saturated carbocycles. The number of anilines is 7. The zero-order valence-electron chi connectivity index (χ0n) is 35.5. The molecule has 19 nitrogen and oxygen atoms in total. The van der Waals surface area contributed by atoms with Crippen molar-refractivity contribution in [2.24, 2.45) is 0 Å². The molecule has 322 valence electrons. The summed E-state index contributed by atoms with van der Waals surface area (Å²) in [5.41, 5.74) is 9.87. The molecule has 4 aromatic heterocycles. The van der Waals surface area contributed by atoms with Crippen LogP contribution in [0.25, 0.3) is 11.4 Å². The quantitative estimate of drug-likeness (QED) is 0.141. The third-order valence-electron chi connectivity index (χ3n) is 10.7. The second-order valence-corrected chi connectivity index (χ2v) is 15.6. The minimum Gasteiger partial charge on any atom is -0.478 e. The maximum Gasteiger partial charge on any atom is 0.335 e. The molecule has 4 atom stereocenters. The number of carbonyl (C=O) groups excluding carboxylic acids is 2. The molecule has 0 unspecified atom stereocenters. The average Bonchev–Trinajstić information content (AvgIpc) is 3.92. The van der Waals surface area contributed by atoms with Gasteiger partial charge in [0, 0.05) is 106 Å². The zero-order valence-corrected chi connectivity index (χ0v) is 35.5. The van der Waals surface area contributed by atoms with Crippen LogP contribution < -0.4 is 26.2 Å². The third-order valence-corrected chi connectivity index (χ3v) is 10.7. The van der Waals surface area contributed by atoms with Crippen molar-refractivity contribution in [2.75, 3.05) is 52.3 Å². The van der Waals surface area contributed by atoms with Gasteiger partial charge >= 0.3 is 5.97 Å². The summed E-state index contributed by atoms with van der Waals surface area (Å²) in [6, 6.07) is 21.9. The minimum atomic E-state index is -0.973. The standard InChI is InChI=1S/C22H25N7O3.C21H26N8O/c1-14-11-27(12-15(2)29(14)16(3)30)20-10-19(8-9-23-20)28-13-24-22(26-28)25-18-6-4-17(5-7-18)21(31)32;1-14-11-27(12-15(2)29(14)16(3)30)20-10-19(8-9-23-20)28-13-24-21(26-28)25-18-6-4-17(22)5-7-18/h4-10,13-15H,11-12H2,1-3H3,(H,25,26)(H,31,32);4-10,13-15H,11-12,22H2,1-3H3,(H,25,26)/t2*14-,15+. The van der Waals surface area contributed by atoms with E-state index in [1.807, 2.05) is 72.2 Å². The van der Waals surface area contributed by atoms with E-state index >= 15 is 0 Å². The molecular weight excluding hydrogens is 791 g/mol. The first-order valence-electron chi connectivity index (χ1n) is 20.3. The van der Waals surface area contributed by atoms with Crippen molar-refractivity contribution in [3.63, 3.8) is 0 Å². The molecule has 2 aromatic carbocycles. The summed E-state index contributed by atoms with van der Waals surface area (Å²) in [5, 5.41) is 24.2. The van der Waals surface area contributed by atoms with Crippen molar-refractivity contribution in [1.82, 2.24) is 49.3 Å². The first kappa shape index (κ1) is 42.6. The fourth-order valence-electron chi connectivity index (χ4n) is 8.12. The Morgan fingerprint density at radius 3 is 1.35 bits per heavy atom. The van der Waals surface area contributed by atoms with Crippen LogP contribution in [0.1, 0.15) is 51.9 Å². The van der Waals surface area contributed by atoms with E-state index in [1.165, 1.54) is 12.1 Å².